The monoisotopic (exact) mass is 378 g/mol. The van der Waals surface area contributed by atoms with E-state index in [1.807, 2.05) is 12.1 Å². The molecule has 0 spiro atoms. The number of halogens is 2. The number of nitrogens with one attached hydrogen (secondary N) is 1. The number of benzene rings is 1. The summed E-state index contributed by atoms with van der Waals surface area (Å²) < 4.78 is 24.7. The maximum atomic E-state index is 11.9. The number of hydrogen-bond donors (Lipinski definition) is 1. The van der Waals surface area contributed by atoms with Crippen LogP contribution in [-0.2, 0) is 10.0 Å². The van der Waals surface area contributed by atoms with Crippen LogP contribution in [0, 0.1) is 0 Å². The summed E-state index contributed by atoms with van der Waals surface area (Å²) in [5.74, 6) is 0. The maximum absolute atomic E-state index is 11.9. The average Bonchev–Trinajstić information content (AvgIpc) is 2.75. The van der Waals surface area contributed by atoms with Gasteiger partial charge < -0.3 is 0 Å². The van der Waals surface area contributed by atoms with E-state index in [1.165, 1.54) is 41.8 Å². The molecule has 4 nitrogen and oxygen atoms in total. The third-order valence-electron chi connectivity index (χ3n) is 2.08. The third kappa shape index (κ3) is 4.04. The molecule has 0 unspecified atom stereocenters. The Hall–Kier alpha value is -0.890. The van der Waals surface area contributed by atoms with E-state index in [1.54, 1.807) is 0 Å². The van der Waals surface area contributed by atoms with Gasteiger partial charge in [-0.2, -0.15) is 13.5 Å². The number of nitrogens with zero attached hydrogens (tertiary/aromatic N) is 1. The van der Waals surface area contributed by atoms with Crippen LogP contribution in [0.5, 0.6) is 0 Å². The van der Waals surface area contributed by atoms with Crippen LogP contribution in [0.25, 0.3) is 0 Å². The fourth-order valence-corrected chi connectivity index (χ4v) is 3.44. The number of hydrazone groups is 1. The summed E-state index contributed by atoms with van der Waals surface area (Å²) >= 11 is 10.5. The molecule has 0 saturated carbocycles. The third-order valence-corrected chi connectivity index (χ3v) is 5.13. The largest absolute Gasteiger partial charge is 0.276 e. The molecule has 0 aliphatic carbocycles. The lowest BCUT2D eigenvalue weighted by Gasteiger charge is -2.02. The van der Waals surface area contributed by atoms with Crippen molar-refractivity contribution in [3.63, 3.8) is 0 Å². The molecule has 8 heteroatoms. The summed E-state index contributed by atoms with van der Waals surface area (Å²) in [7, 11) is -3.65. The highest BCUT2D eigenvalue weighted by Crippen LogP contribution is 2.20. The van der Waals surface area contributed by atoms with Gasteiger partial charge in [-0.25, -0.2) is 4.83 Å². The van der Waals surface area contributed by atoms with Gasteiger partial charge in [-0.05, 0) is 52.3 Å². The highest BCUT2D eigenvalue weighted by atomic mass is 79.9. The van der Waals surface area contributed by atoms with Crippen LogP contribution in [0.15, 0.2) is 50.2 Å². The molecular weight excluding hydrogens is 372 g/mol. The fraction of sp³-hybridized carbons (Fsp3) is 0. The molecular formula is C11H8BrClN2O2S2. The van der Waals surface area contributed by atoms with E-state index in [0.29, 0.717) is 5.02 Å². The van der Waals surface area contributed by atoms with Crippen molar-refractivity contribution in [2.45, 2.75) is 4.90 Å². The Bertz CT molecular complexity index is 696. The molecule has 1 aromatic heterocycles. The lowest BCUT2D eigenvalue weighted by atomic mass is 10.4. The first kappa shape index (κ1) is 14.5. The predicted molar refractivity (Wildman–Crippen MR) is 81.4 cm³/mol. The van der Waals surface area contributed by atoms with Crippen LogP contribution in [0.1, 0.15) is 4.88 Å². The highest BCUT2D eigenvalue weighted by molar-refractivity contribution is 9.11. The molecule has 0 aliphatic rings. The fourth-order valence-electron chi connectivity index (χ4n) is 1.22. The highest BCUT2D eigenvalue weighted by Gasteiger charge is 2.11. The Labute approximate surface area is 128 Å². The Morgan fingerprint density at radius 2 is 1.89 bits per heavy atom. The second kappa shape index (κ2) is 6.04. The van der Waals surface area contributed by atoms with Gasteiger partial charge in [-0.1, -0.05) is 11.6 Å². The predicted octanol–water partition coefficient (Wildman–Crippen LogP) is 3.48. The normalized spacial score (nSPS) is 11.9. The van der Waals surface area contributed by atoms with E-state index in [4.69, 9.17) is 11.6 Å². The van der Waals surface area contributed by atoms with Crippen molar-refractivity contribution < 1.29 is 8.42 Å². The standard InChI is InChI=1S/C11H8BrClN2O2S2/c12-11-6-3-9(18-11)7-14-15-19(16,17)10-4-1-8(13)2-5-10/h1-7,15H. The topological polar surface area (TPSA) is 58.5 Å². The second-order valence-corrected chi connectivity index (χ2v) is 8.04. The van der Waals surface area contributed by atoms with Crippen LogP contribution < -0.4 is 4.83 Å². The van der Waals surface area contributed by atoms with Gasteiger partial charge in [-0.15, -0.1) is 11.3 Å². The zero-order valence-corrected chi connectivity index (χ0v) is 13.4. The molecule has 0 aliphatic heterocycles. The number of thiophene rings is 1. The number of hydrogen-bond acceptors (Lipinski definition) is 4. The molecule has 0 amide bonds. The molecule has 0 bridgehead atoms. The molecule has 1 heterocycles. The number of rotatable bonds is 4. The molecule has 1 aromatic carbocycles. The minimum absolute atomic E-state index is 0.112. The molecule has 0 radical (unpaired) electrons. The van der Waals surface area contributed by atoms with Crippen LogP contribution in [0.2, 0.25) is 5.02 Å². The first-order valence-corrected chi connectivity index (χ1v) is 8.50. The molecule has 0 fully saturated rings. The van der Waals surface area contributed by atoms with Gasteiger partial charge in [0.25, 0.3) is 10.0 Å². The summed E-state index contributed by atoms with van der Waals surface area (Å²) in [5.41, 5.74) is 0. The summed E-state index contributed by atoms with van der Waals surface area (Å²) in [6.07, 6.45) is 1.45. The van der Waals surface area contributed by atoms with Crippen molar-refractivity contribution in [1.29, 1.82) is 0 Å². The first-order valence-electron chi connectivity index (χ1n) is 5.03. The average molecular weight is 380 g/mol. The first-order chi connectivity index (χ1) is 8.97. The van der Waals surface area contributed by atoms with E-state index < -0.39 is 10.0 Å². The molecule has 2 aromatic rings. The Kier molecular flexibility index (Phi) is 4.62. The van der Waals surface area contributed by atoms with Gasteiger partial charge in [0, 0.05) is 9.90 Å². The van der Waals surface area contributed by atoms with Gasteiger partial charge in [-0.3, -0.25) is 0 Å². The lowest BCUT2D eigenvalue weighted by molar-refractivity contribution is 0.584. The van der Waals surface area contributed by atoms with Crippen molar-refractivity contribution in [2.75, 3.05) is 0 Å². The molecule has 1 N–H and O–H groups in total. The van der Waals surface area contributed by atoms with Gasteiger partial charge in [0.15, 0.2) is 0 Å². The lowest BCUT2D eigenvalue weighted by Crippen LogP contribution is -2.18. The maximum Gasteiger partial charge on any atom is 0.276 e. The second-order valence-electron chi connectivity index (χ2n) is 3.45. The van der Waals surface area contributed by atoms with Gasteiger partial charge in [0.05, 0.1) is 14.9 Å². The Morgan fingerprint density at radius 3 is 2.47 bits per heavy atom. The summed E-state index contributed by atoms with van der Waals surface area (Å²) in [5, 5.41) is 4.20. The van der Waals surface area contributed by atoms with Crippen LogP contribution in [0.3, 0.4) is 0 Å². The van der Waals surface area contributed by atoms with Crippen LogP contribution in [0.4, 0.5) is 0 Å². The summed E-state index contributed by atoms with van der Waals surface area (Å²) in [6.45, 7) is 0. The Balaban J connectivity index is 2.09. The Morgan fingerprint density at radius 1 is 1.21 bits per heavy atom. The SMILES string of the molecule is O=S(=O)(NN=Cc1ccc(Br)s1)c1ccc(Cl)cc1. The minimum Gasteiger partial charge on any atom is -0.200 e. The number of sulfonamides is 1. The zero-order chi connectivity index (χ0) is 13.9. The van der Waals surface area contributed by atoms with E-state index in [0.717, 1.165) is 8.66 Å². The van der Waals surface area contributed by atoms with Crippen molar-refractivity contribution in [3.05, 3.63) is 50.1 Å². The smallest absolute Gasteiger partial charge is 0.200 e. The van der Waals surface area contributed by atoms with E-state index in [9.17, 15) is 8.42 Å². The molecule has 0 atom stereocenters. The van der Waals surface area contributed by atoms with Gasteiger partial charge >= 0.3 is 0 Å². The van der Waals surface area contributed by atoms with Gasteiger partial charge in [0.1, 0.15) is 0 Å². The molecule has 2 rings (SSSR count). The summed E-state index contributed by atoms with van der Waals surface area (Å²) in [6, 6.07) is 9.55. The van der Waals surface area contributed by atoms with Crippen LogP contribution in [-0.4, -0.2) is 14.6 Å². The quantitative estimate of drug-likeness (QED) is 0.653. The van der Waals surface area contributed by atoms with E-state index in [2.05, 4.69) is 25.9 Å². The molecule has 0 saturated heterocycles. The minimum atomic E-state index is -3.65. The molecule has 19 heavy (non-hydrogen) atoms. The molecule has 100 valence electrons. The van der Waals surface area contributed by atoms with Crippen molar-refractivity contribution >= 4 is 55.1 Å². The van der Waals surface area contributed by atoms with E-state index in [-0.39, 0.29) is 4.90 Å². The van der Waals surface area contributed by atoms with Crippen molar-refractivity contribution in [1.82, 2.24) is 4.83 Å². The van der Waals surface area contributed by atoms with Crippen molar-refractivity contribution in [3.8, 4) is 0 Å². The summed E-state index contributed by atoms with van der Waals surface area (Å²) in [4.78, 5) is 3.09. The zero-order valence-electron chi connectivity index (χ0n) is 9.38. The van der Waals surface area contributed by atoms with Crippen LogP contribution >= 0.6 is 38.9 Å². The van der Waals surface area contributed by atoms with Crippen molar-refractivity contribution in [2.24, 2.45) is 5.10 Å². The van der Waals surface area contributed by atoms with E-state index >= 15 is 0 Å². The van der Waals surface area contributed by atoms with Gasteiger partial charge in [0.2, 0.25) is 0 Å².